The molecule has 6 rings (SSSR count). The average Bonchev–Trinajstić information content (AvgIpc) is 3.16. The Bertz CT molecular complexity index is 1720. The molecule has 0 fully saturated rings. The molecule has 3 aromatic carbocycles. The molecule has 1 aliphatic heterocycles. The van der Waals surface area contributed by atoms with E-state index in [0.717, 1.165) is 41.3 Å². The quantitative estimate of drug-likeness (QED) is 0.255. The summed E-state index contributed by atoms with van der Waals surface area (Å²) in [6.45, 7) is 0. The third kappa shape index (κ3) is 4.15. The molecule has 0 spiro atoms. The lowest BCUT2D eigenvalue weighted by atomic mass is 9.83. The Hall–Kier alpha value is -1.76. The molecular weight excluding hydrogens is 750 g/mol. The van der Waals surface area contributed by atoms with Crippen molar-refractivity contribution < 1.29 is 5.11 Å². The van der Waals surface area contributed by atoms with Crippen molar-refractivity contribution in [3.63, 3.8) is 0 Å². The van der Waals surface area contributed by atoms with Gasteiger partial charge in [0.2, 0.25) is 0 Å². The number of hydrogen-bond acceptors (Lipinski definition) is 4. The topological polar surface area (TPSA) is 54.6 Å². The van der Waals surface area contributed by atoms with Crippen LogP contribution in [-0.4, -0.2) is 9.67 Å². The minimum absolute atomic E-state index is 0.0830. The molecular formula is C27H17BrI2N2O2S. The minimum atomic E-state index is -0.213. The average molecular weight is 767 g/mol. The number of allylic oxidation sites excluding steroid dienone is 1. The summed E-state index contributed by atoms with van der Waals surface area (Å²) in [5.41, 5.74) is 6.23. The van der Waals surface area contributed by atoms with Crippen LogP contribution in [0.2, 0.25) is 0 Å². The van der Waals surface area contributed by atoms with Crippen molar-refractivity contribution in [1.29, 1.82) is 0 Å². The highest BCUT2D eigenvalue weighted by atomic mass is 127. The second-order valence-electron chi connectivity index (χ2n) is 8.49. The summed E-state index contributed by atoms with van der Waals surface area (Å²) in [7, 11) is 0. The van der Waals surface area contributed by atoms with Gasteiger partial charge in [-0.05, 0) is 105 Å². The summed E-state index contributed by atoms with van der Waals surface area (Å²) in [6.07, 6.45) is 3.58. The number of nitrogens with zero attached hydrogens (tertiary/aromatic N) is 2. The molecule has 4 aromatic rings. The summed E-state index contributed by atoms with van der Waals surface area (Å²) in [4.78, 5) is 19.6. The number of aromatic hydroxyl groups is 1. The predicted molar refractivity (Wildman–Crippen MR) is 160 cm³/mol. The number of hydrogen-bond donors (Lipinski definition) is 1. The Labute approximate surface area is 241 Å². The number of aryl methyl sites for hydroxylation is 1. The van der Waals surface area contributed by atoms with Gasteiger partial charge in [-0.25, -0.2) is 4.99 Å². The Balaban J connectivity index is 1.64. The first-order valence-electron chi connectivity index (χ1n) is 11.0. The van der Waals surface area contributed by atoms with Crippen molar-refractivity contribution in [3.8, 4) is 5.75 Å². The summed E-state index contributed by atoms with van der Waals surface area (Å²) in [5.74, 6) is 0.189. The van der Waals surface area contributed by atoms with E-state index in [1.54, 1.807) is 6.08 Å². The maximum Gasteiger partial charge on any atom is 0.271 e. The van der Waals surface area contributed by atoms with Crippen LogP contribution < -0.4 is 14.9 Å². The van der Waals surface area contributed by atoms with E-state index >= 15 is 0 Å². The molecule has 2 heterocycles. The monoisotopic (exact) mass is 766 g/mol. The number of halogens is 3. The predicted octanol–water partition coefficient (Wildman–Crippen LogP) is 6.00. The van der Waals surface area contributed by atoms with Crippen molar-refractivity contribution in [2.24, 2.45) is 4.99 Å². The molecule has 1 aromatic heterocycles. The van der Waals surface area contributed by atoms with Crippen molar-refractivity contribution in [1.82, 2.24) is 4.57 Å². The summed E-state index contributed by atoms with van der Waals surface area (Å²) >= 11 is 9.26. The highest BCUT2D eigenvalue weighted by Gasteiger charge is 2.32. The number of thiazole rings is 1. The maximum absolute atomic E-state index is 13.8. The molecule has 0 unspecified atom stereocenters. The molecule has 1 N–H and O–H groups in total. The molecule has 0 saturated carbocycles. The van der Waals surface area contributed by atoms with E-state index in [1.165, 1.54) is 22.5 Å². The smallest absolute Gasteiger partial charge is 0.271 e. The number of benzene rings is 3. The van der Waals surface area contributed by atoms with Crippen molar-refractivity contribution >= 4 is 84.2 Å². The van der Waals surface area contributed by atoms with Crippen LogP contribution in [0.4, 0.5) is 0 Å². The van der Waals surface area contributed by atoms with Crippen LogP contribution in [0.15, 0.2) is 80.5 Å². The third-order valence-corrected chi connectivity index (χ3v) is 9.36. The maximum atomic E-state index is 13.8. The second kappa shape index (κ2) is 9.28. The van der Waals surface area contributed by atoms with E-state index in [-0.39, 0.29) is 17.4 Å². The van der Waals surface area contributed by atoms with E-state index in [2.05, 4.69) is 97.5 Å². The lowest BCUT2D eigenvalue weighted by molar-refractivity contribution is 0.470. The van der Waals surface area contributed by atoms with Crippen LogP contribution in [0, 0.1) is 7.14 Å². The normalized spacial score (nSPS) is 17.0. The Morgan fingerprint density at radius 1 is 1.09 bits per heavy atom. The van der Waals surface area contributed by atoms with Gasteiger partial charge in [0.1, 0.15) is 5.75 Å². The first-order valence-corrected chi connectivity index (χ1v) is 14.7. The Morgan fingerprint density at radius 2 is 1.86 bits per heavy atom. The van der Waals surface area contributed by atoms with Crippen LogP contribution in [0.3, 0.4) is 0 Å². The molecule has 2 aliphatic rings. The first kappa shape index (κ1) is 23.6. The minimum Gasteiger partial charge on any atom is -0.506 e. The van der Waals surface area contributed by atoms with Crippen LogP contribution in [0.1, 0.15) is 34.7 Å². The third-order valence-electron chi connectivity index (χ3n) is 6.40. The SMILES string of the molecule is O=c1/c(=C\c2cc(I)cc(I)c2O)sc2n1[C@@H](c1ccc(Br)cc1)C1=C(N=2)c2ccccc2CC1. The van der Waals surface area contributed by atoms with Gasteiger partial charge in [0.05, 0.1) is 19.8 Å². The zero-order chi connectivity index (χ0) is 24.3. The van der Waals surface area contributed by atoms with Gasteiger partial charge in [-0.1, -0.05) is 63.7 Å². The van der Waals surface area contributed by atoms with Crippen molar-refractivity contribution in [2.45, 2.75) is 18.9 Å². The Kier molecular flexibility index (Phi) is 6.26. The highest BCUT2D eigenvalue weighted by Crippen LogP contribution is 2.41. The van der Waals surface area contributed by atoms with Crippen LogP contribution in [0.25, 0.3) is 11.8 Å². The fourth-order valence-electron chi connectivity index (χ4n) is 4.80. The molecule has 0 bridgehead atoms. The van der Waals surface area contributed by atoms with E-state index in [9.17, 15) is 9.90 Å². The second-order valence-corrected chi connectivity index (χ2v) is 12.8. The molecule has 0 saturated heterocycles. The van der Waals surface area contributed by atoms with Crippen LogP contribution in [-0.2, 0) is 6.42 Å². The molecule has 1 atom stereocenters. The zero-order valence-corrected chi connectivity index (χ0v) is 24.9. The molecule has 4 nitrogen and oxygen atoms in total. The summed E-state index contributed by atoms with van der Waals surface area (Å²) in [6, 6.07) is 20.2. The van der Waals surface area contributed by atoms with Crippen molar-refractivity contribution in [3.05, 3.63) is 120 Å². The molecule has 0 amide bonds. The fraction of sp³-hybridized carbons (Fsp3) is 0.111. The molecule has 1 aliphatic carbocycles. The van der Waals surface area contributed by atoms with E-state index in [0.29, 0.717) is 14.9 Å². The van der Waals surface area contributed by atoms with Gasteiger partial charge in [-0.15, -0.1) is 0 Å². The van der Waals surface area contributed by atoms with Crippen LogP contribution in [0.5, 0.6) is 5.75 Å². The molecule has 8 heteroatoms. The van der Waals surface area contributed by atoms with Gasteiger partial charge >= 0.3 is 0 Å². The van der Waals surface area contributed by atoms with E-state index in [4.69, 9.17) is 4.99 Å². The standard InChI is InChI=1S/C27H17BrI2N2O2S/c28-17-8-5-15(6-9-17)24-20-10-7-14-3-1-2-4-19(14)23(20)31-27-32(24)26(34)22(35-27)12-16-11-18(29)13-21(30)25(16)33/h1-6,8-9,11-13,24,33H,7,10H2/b22-12+/t24-/m0/s1. The van der Waals surface area contributed by atoms with E-state index in [1.807, 2.05) is 28.8 Å². The van der Waals surface area contributed by atoms with Crippen LogP contribution >= 0.6 is 72.4 Å². The number of phenolic OH excluding ortho intramolecular Hbond substituents is 1. The first-order chi connectivity index (χ1) is 16.9. The summed E-state index contributed by atoms with van der Waals surface area (Å²) < 4.78 is 5.16. The van der Waals surface area contributed by atoms with Gasteiger partial charge < -0.3 is 5.11 Å². The van der Waals surface area contributed by atoms with Gasteiger partial charge in [0, 0.05) is 19.2 Å². The van der Waals surface area contributed by atoms with Gasteiger partial charge in [0.15, 0.2) is 4.80 Å². The van der Waals surface area contributed by atoms with Gasteiger partial charge in [-0.3, -0.25) is 9.36 Å². The number of fused-ring (bicyclic) bond motifs is 3. The Morgan fingerprint density at radius 3 is 2.66 bits per heavy atom. The molecule has 174 valence electrons. The molecule has 0 radical (unpaired) electrons. The van der Waals surface area contributed by atoms with Gasteiger partial charge in [-0.2, -0.15) is 0 Å². The number of rotatable bonds is 2. The van der Waals surface area contributed by atoms with Crippen molar-refractivity contribution in [2.75, 3.05) is 0 Å². The largest absolute Gasteiger partial charge is 0.506 e. The lowest BCUT2D eigenvalue weighted by Crippen LogP contribution is -2.38. The zero-order valence-electron chi connectivity index (χ0n) is 18.1. The number of aromatic nitrogens is 1. The fourth-order valence-corrected chi connectivity index (χ4v) is 7.95. The summed E-state index contributed by atoms with van der Waals surface area (Å²) in [5, 5.41) is 10.6. The van der Waals surface area contributed by atoms with E-state index < -0.39 is 0 Å². The van der Waals surface area contributed by atoms with Gasteiger partial charge in [0.25, 0.3) is 5.56 Å². The number of phenols is 1. The lowest BCUT2D eigenvalue weighted by Gasteiger charge is -2.30. The molecule has 35 heavy (non-hydrogen) atoms. The highest BCUT2D eigenvalue weighted by molar-refractivity contribution is 14.1.